The lowest BCUT2D eigenvalue weighted by molar-refractivity contribution is 0.312. The molecule has 0 bridgehead atoms. The van der Waals surface area contributed by atoms with E-state index in [0.717, 1.165) is 24.8 Å². The highest BCUT2D eigenvalue weighted by Gasteiger charge is 2.31. The van der Waals surface area contributed by atoms with Crippen molar-refractivity contribution in [1.82, 2.24) is 9.78 Å². The van der Waals surface area contributed by atoms with E-state index in [9.17, 15) is 5.11 Å². The highest BCUT2D eigenvalue weighted by atomic mass is 16.3. The van der Waals surface area contributed by atoms with Gasteiger partial charge in [-0.05, 0) is 33.6 Å². The van der Waals surface area contributed by atoms with Crippen LogP contribution in [0.25, 0.3) is 0 Å². The minimum absolute atomic E-state index is 0.00959. The van der Waals surface area contributed by atoms with Crippen molar-refractivity contribution in [2.45, 2.75) is 78.7 Å². The van der Waals surface area contributed by atoms with Crippen molar-refractivity contribution in [3.63, 3.8) is 0 Å². The van der Waals surface area contributed by atoms with Gasteiger partial charge in [0.25, 0.3) is 0 Å². The Hall–Kier alpha value is -0.990. The van der Waals surface area contributed by atoms with E-state index in [1.807, 2.05) is 4.68 Å². The number of hydrogen-bond acceptors (Lipinski definition) is 2. The van der Waals surface area contributed by atoms with Crippen LogP contribution >= 0.6 is 0 Å². The summed E-state index contributed by atoms with van der Waals surface area (Å²) in [5.74, 6) is 0.211. The Morgan fingerprint density at radius 3 is 2.06 bits per heavy atom. The molecule has 0 aliphatic heterocycles. The predicted octanol–water partition coefficient (Wildman–Crippen LogP) is 3.98. The molecule has 0 atom stereocenters. The summed E-state index contributed by atoms with van der Waals surface area (Å²) in [6, 6.07) is 0. The molecule has 0 aliphatic rings. The lowest BCUT2D eigenvalue weighted by atomic mass is 9.86. The molecule has 1 N–H and O–H groups in total. The molecule has 0 saturated heterocycles. The molecule has 18 heavy (non-hydrogen) atoms. The second kappa shape index (κ2) is 4.94. The van der Waals surface area contributed by atoms with Crippen molar-refractivity contribution >= 4 is 0 Å². The van der Waals surface area contributed by atoms with E-state index in [-0.39, 0.29) is 16.8 Å². The number of nitrogens with zero attached hydrogens (tertiary/aromatic N) is 2. The van der Waals surface area contributed by atoms with E-state index in [4.69, 9.17) is 0 Å². The molecule has 3 nitrogen and oxygen atoms in total. The fourth-order valence-corrected chi connectivity index (χ4v) is 2.28. The first-order valence-corrected chi connectivity index (χ1v) is 6.91. The van der Waals surface area contributed by atoms with Crippen molar-refractivity contribution in [2.24, 2.45) is 0 Å². The second-order valence-electron chi connectivity index (χ2n) is 7.09. The Kier molecular flexibility index (Phi) is 4.14. The molecule has 0 unspecified atom stereocenters. The molecule has 1 aromatic rings. The van der Waals surface area contributed by atoms with Crippen LogP contribution in [0.5, 0.6) is 5.88 Å². The summed E-state index contributed by atoms with van der Waals surface area (Å²) in [6.45, 7) is 15.1. The Morgan fingerprint density at radius 2 is 1.67 bits per heavy atom. The van der Waals surface area contributed by atoms with E-state index < -0.39 is 0 Å². The molecule has 1 rings (SSSR count). The third-order valence-corrected chi connectivity index (χ3v) is 3.09. The molecule has 3 heteroatoms. The van der Waals surface area contributed by atoms with E-state index >= 15 is 0 Å². The van der Waals surface area contributed by atoms with Gasteiger partial charge in [0.1, 0.15) is 0 Å². The fourth-order valence-electron chi connectivity index (χ4n) is 2.28. The first-order chi connectivity index (χ1) is 8.09. The minimum atomic E-state index is -0.107. The second-order valence-corrected chi connectivity index (χ2v) is 7.09. The van der Waals surface area contributed by atoms with Crippen LogP contribution < -0.4 is 0 Å². The van der Waals surface area contributed by atoms with E-state index in [0.29, 0.717) is 0 Å². The van der Waals surface area contributed by atoms with Gasteiger partial charge in [-0.3, -0.25) is 4.68 Å². The zero-order chi connectivity index (χ0) is 14.1. The monoisotopic (exact) mass is 252 g/mol. The van der Waals surface area contributed by atoms with Gasteiger partial charge < -0.3 is 5.11 Å². The van der Waals surface area contributed by atoms with Gasteiger partial charge in [-0.2, -0.15) is 0 Å². The van der Waals surface area contributed by atoms with Gasteiger partial charge in [-0.15, -0.1) is 5.10 Å². The van der Waals surface area contributed by atoms with E-state index in [1.54, 1.807) is 0 Å². The Labute approximate surface area is 111 Å². The lowest BCUT2D eigenvalue weighted by Gasteiger charge is -2.29. The molecule has 1 aromatic heterocycles. The van der Waals surface area contributed by atoms with Gasteiger partial charge in [0.15, 0.2) is 0 Å². The van der Waals surface area contributed by atoms with Crippen molar-refractivity contribution in [3.8, 4) is 5.88 Å². The Balaban J connectivity index is 3.38. The molecule has 0 saturated carbocycles. The Morgan fingerprint density at radius 1 is 1.11 bits per heavy atom. The predicted molar refractivity (Wildman–Crippen MR) is 76.2 cm³/mol. The van der Waals surface area contributed by atoms with Crippen LogP contribution in [-0.4, -0.2) is 14.9 Å². The van der Waals surface area contributed by atoms with Crippen LogP contribution in [0.4, 0.5) is 0 Å². The summed E-state index contributed by atoms with van der Waals surface area (Å²) in [7, 11) is 0. The average molecular weight is 252 g/mol. The van der Waals surface area contributed by atoms with Gasteiger partial charge >= 0.3 is 0 Å². The maximum absolute atomic E-state index is 10.1. The van der Waals surface area contributed by atoms with Gasteiger partial charge in [-0.25, -0.2) is 0 Å². The molecule has 0 amide bonds. The zero-order valence-electron chi connectivity index (χ0n) is 13.0. The summed E-state index contributed by atoms with van der Waals surface area (Å²) >= 11 is 0. The maximum atomic E-state index is 10.1. The van der Waals surface area contributed by atoms with E-state index in [2.05, 4.69) is 53.6 Å². The number of aromatic hydroxyl groups is 1. The van der Waals surface area contributed by atoms with Crippen LogP contribution in [0.2, 0.25) is 0 Å². The fraction of sp³-hybridized carbons (Fsp3) is 0.800. The van der Waals surface area contributed by atoms with E-state index in [1.165, 1.54) is 5.69 Å². The number of unbranched alkanes of at least 4 members (excludes halogenated alkanes) is 1. The molecule has 0 fully saturated rings. The molecule has 104 valence electrons. The summed E-state index contributed by atoms with van der Waals surface area (Å²) in [4.78, 5) is 0. The number of aromatic nitrogens is 2. The summed E-state index contributed by atoms with van der Waals surface area (Å²) < 4.78 is 1.99. The first kappa shape index (κ1) is 15.1. The molecule has 0 spiro atoms. The summed E-state index contributed by atoms with van der Waals surface area (Å²) in [5.41, 5.74) is 2.08. The maximum Gasteiger partial charge on any atom is 0.233 e. The highest BCUT2D eigenvalue weighted by Crippen LogP contribution is 2.35. The SMILES string of the molecule is CCCCc1c(O)nn(C(C)(C)C)c1C(C)(C)C. The topological polar surface area (TPSA) is 38.1 Å². The molecular weight excluding hydrogens is 224 g/mol. The molecule has 0 aromatic carbocycles. The van der Waals surface area contributed by atoms with Crippen molar-refractivity contribution in [2.75, 3.05) is 0 Å². The molecular formula is C15H28N2O. The van der Waals surface area contributed by atoms with Gasteiger partial charge in [0, 0.05) is 11.0 Å². The Bertz CT molecular complexity index is 405. The smallest absolute Gasteiger partial charge is 0.233 e. The van der Waals surface area contributed by atoms with Crippen LogP contribution in [0.15, 0.2) is 0 Å². The summed E-state index contributed by atoms with van der Waals surface area (Å²) in [5, 5.41) is 14.5. The quantitative estimate of drug-likeness (QED) is 0.883. The summed E-state index contributed by atoms with van der Waals surface area (Å²) in [6.07, 6.45) is 3.13. The van der Waals surface area contributed by atoms with Gasteiger partial charge in [0.2, 0.25) is 5.88 Å². The zero-order valence-corrected chi connectivity index (χ0v) is 13.0. The third-order valence-electron chi connectivity index (χ3n) is 3.09. The van der Waals surface area contributed by atoms with Gasteiger partial charge in [0.05, 0.1) is 11.2 Å². The van der Waals surface area contributed by atoms with Crippen LogP contribution in [0, 0.1) is 0 Å². The lowest BCUT2D eigenvalue weighted by Crippen LogP contribution is -2.30. The minimum Gasteiger partial charge on any atom is -0.492 e. The normalized spacial score (nSPS) is 13.1. The van der Waals surface area contributed by atoms with Crippen molar-refractivity contribution in [1.29, 1.82) is 0 Å². The average Bonchev–Trinajstić information content (AvgIpc) is 2.51. The van der Waals surface area contributed by atoms with Crippen LogP contribution in [0.3, 0.4) is 0 Å². The number of rotatable bonds is 3. The van der Waals surface area contributed by atoms with Crippen LogP contribution in [0.1, 0.15) is 72.6 Å². The van der Waals surface area contributed by atoms with Crippen molar-refractivity contribution < 1.29 is 5.11 Å². The third kappa shape index (κ3) is 3.06. The number of hydrogen-bond donors (Lipinski definition) is 1. The molecule has 0 aliphatic carbocycles. The van der Waals surface area contributed by atoms with Crippen molar-refractivity contribution in [3.05, 3.63) is 11.3 Å². The molecule has 0 radical (unpaired) electrons. The standard InChI is InChI=1S/C15H28N2O/c1-8-9-10-11-12(14(2,3)4)17(15(5,6)7)16-13(11)18/h8-10H2,1-7H3,(H,16,18). The van der Waals surface area contributed by atoms with Crippen LogP contribution in [-0.2, 0) is 17.4 Å². The first-order valence-electron chi connectivity index (χ1n) is 6.91. The molecule has 1 heterocycles. The largest absolute Gasteiger partial charge is 0.492 e. The highest BCUT2D eigenvalue weighted by molar-refractivity contribution is 5.35. The van der Waals surface area contributed by atoms with Gasteiger partial charge in [-0.1, -0.05) is 34.1 Å².